The fourth-order valence-corrected chi connectivity index (χ4v) is 4.06. The molecule has 0 radical (unpaired) electrons. The van der Waals surface area contributed by atoms with Gasteiger partial charge in [0.15, 0.2) is 0 Å². The average molecular weight is 498 g/mol. The van der Waals surface area contributed by atoms with Crippen molar-refractivity contribution < 1.29 is 19.4 Å². The van der Waals surface area contributed by atoms with Gasteiger partial charge >= 0.3 is 0 Å². The molecule has 1 amide bonds. The minimum Gasteiger partial charge on any atom is -0.490 e. The lowest BCUT2D eigenvalue weighted by atomic mass is 10.0. The summed E-state index contributed by atoms with van der Waals surface area (Å²) in [5.74, 6) is 6.90. The van der Waals surface area contributed by atoms with E-state index >= 15 is 0 Å². The van der Waals surface area contributed by atoms with Crippen LogP contribution >= 0.6 is 0 Å². The summed E-state index contributed by atoms with van der Waals surface area (Å²) in [5.41, 5.74) is 9.24. The maximum absolute atomic E-state index is 13.4. The second-order valence-corrected chi connectivity index (χ2v) is 8.85. The van der Waals surface area contributed by atoms with Crippen LogP contribution in [0.1, 0.15) is 40.9 Å². The third kappa shape index (κ3) is 6.50. The van der Waals surface area contributed by atoms with Gasteiger partial charge in [-0.25, -0.2) is 0 Å². The van der Waals surface area contributed by atoms with E-state index in [2.05, 4.69) is 22.1 Å². The lowest BCUT2D eigenvalue weighted by molar-refractivity contribution is 0.0910. The summed E-state index contributed by atoms with van der Waals surface area (Å²) in [4.78, 5) is 16.6. The molecule has 0 unspecified atom stereocenters. The number of H-pyrrole nitrogens is 1. The molecule has 4 aromatic rings. The van der Waals surface area contributed by atoms with Gasteiger partial charge in [-0.15, -0.1) is 0 Å². The number of hydrogen-bond donors (Lipinski definition) is 4. The van der Waals surface area contributed by atoms with E-state index in [9.17, 15) is 9.90 Å². The monoisotopic (exact) mass is 497 g/mol. The molecule has 0 aliphatic rings. The van der Waals surface area contributed by atoms with E-state index in [1.165, 1.54) is 0 Å². The first kappa shape index (κ1) is 25.8. The fraction of sp³-hybridized carbons (Fsp3) is 0.233. The molecule has 0 fully saturated rings. The van der Waals surface area contributed by atoms with E-state index < -0.39 is 6.04 Å². The predicted octanol–water partition coefficient (Wildman–Crippen LogP) is 3.98. The summed E-state index contributed by atoms with van der Waals surface area (Å²) >= 11 is 0. The number of aromatic amines is 1. The van der Waals surface area contributed by atoms with Crippen LogP contribution < -0.4 is 20.5 Å². The van der Waals surface area contributed by atoms with Crippen LogP contribution in [0.15, 0.2) is 72.9 Å². The Labute approximate surface area is 216 Å². The van der Waals surface area contributed by atoms with Crippen molar-refractivity contribution in [3.8, 4) is 23.3 Å². The zero-order valence-electron chi connectivity index (χ0n) is 21.0. The number of nitrogens with two attached hydrogens (primary N) is 1. The Hall–Kier alpha value is -4.25. The zero-order valence-corrected chi connectivity index (χ0v) is 21.0. The van der Waals surface area contributed by atoms with Crippen molar-refractivity contribution in [1.82, 2.24) is 10.3 Å². The molecule has 0 aliphatic heterocycles. The molecule has 3 aromatic carbocycles. The summed E-state index contributed by atoms with van der Waals surface area (Å²) in [6.45, 7) is 3.65. The summed E-state index contributed by atoms with van der Waals surface area (Å²) in [6, 6.07) is 20.1. The van der Waals surface area contributed by atoms with Crippen LogP contribution in [0.5, 0.6) is 11.5 Å². The van der Waals surface area contributed by atoms with Crippen LogP contribution in [0.3, 0.4) is 0 Å². The number of fused-ring (bicyclic) bond motifs is 1. The number of carbonyl (C=O) groups is 1. The number of aliphatic hydroxyl groups excluding tert-OH is 1. The van der Waals surface area contributed by atoms with Crippen molar-refractivity contribution >= 4 is 16.8 Å². The van der Waals surface area contributed by atoms with Crippen LogP contribution in [0.2, 0.25) is 0 Å². The van der Waals surface area contributed by atoms with Gasteiger partial charge in [0.05, 0.1) is 29.9 Å². The van der Waals surface area contributed by atoms with Crippen molar-refractivity contribution in [2.45, 2.75) is 32.4 Å². The zero-order chi connectivity index (χ0) is 26.2. The SMILES string of the molecule is CC(C)Oc1ccc(C#Cc2ccccc2OCN)cc1C(=O)N[C@@H](CO)Cc1c[nH]c2ccccc12. The first-order chi connectivity index (χ1) is 18.0. The summed E-state index contributed by atoms with van der Waals surface area (Å²) in [7, 11) is 0. The molecule has 1 aromatic heterocycles. The van der Waals surface area contributed by atoms with Gasteiger partial charge < -0.3 is 24.9 Å². The highest BCUT2D eigenvalue weighted by molar-refractivity contribution is 5.97. The van der Waals surface area contributed by atoms with Gasteiger partial charge in [0.25, 0.3) is 5.91 Å². The summed E-state index contributed by atoms with van der Waals surface area (Å²) in [6.07, 6.45) is 2.27. The van der Waals surface area contributed by atoms with Crippen molar-refractivity contribution in [1.29, 1.82) is 0 Å². The number of nitrogens with one attached hydrogen (secondary N) is 2. The van der Waals surface area contributed by atoms with E-state index in [-0.39, 0.29) is 25.3 Å². The molecule has 7 heteroatoms. The van der Waals surface area contributed by atoms with E-state index in [1.807, 2.05) is 68.6 Å². The number of hydrogen-bond acceptors (Lipinski definition) is 5. The van der Waals surface area contributed by atoms with Gasteiger partial charge in [0, 0.05) is 22.7 Å². The minimum absolute atomic E-state index is 0.0504. The van der Waals surface area contributed by atoms with Crippen LogP contribution in [-0.4, -0.2) is 41.5 Å². The summed E-state index contributed by atoms with van der Waals surface area (Å²) in [5, 5.41) is 14.1. The smallest absolute Gasteiger partial charge is 0.255 e. The molecule has 5 N–H and O–H groups in total. The molecule has 0 aliphatic carbocycles. The summed E-state index contributed by atoms with van der Waals surface area (Å²) < 4.78 is 11.3. The number of benzene rings is 3. The normalized spacial score (nSPS) is 11.6. The van der Waals surface area contributed by atoms with Crippen LogP contribution in [-0.2, 0) is 6.42 Å². The highest BCUT2D eigenvalue weighted by atomic mass is 16.5. The van der Waals surface area contributed by atoms with Crippen molar-refractivity contribution in [2.75, 3.05) is 13.3 Å². The van der Waals surface area contributed by atoms with E-state index in [0.717, 1.165) is 16.5 Å². The van der Waals surface area contributed by atoms with E-state index in [1.54, 1.807) is 18.2 Å². The van der Waals surface area contributed by atoms with Crippen molar-refractivity contribution in [3.05, 3.63) is 95.2 Å². The second kappa shape index (κ2) is 12.1. The molecule has 0 bridgehead atoms. The first-order valence-corrected chi connectivity index (χ1v) is 12.2. The number of para-hydroxylation sites is 2. The molecule has 190 valence electrons. The van der Waals surface area contributed by atoms with E-state index in [4.69, 9.17) is 15.2 Å². The Morgan fingerprint density at radius 1 is 1.05 bits per heavy atom. The number of carbonyl (C=O) groups excluding carboxylic acids is 1. The number of amides is 1. The quantitative estimate of drug-likeness (QED) is 0.207. The molecular formula is C30H31N3O4. The number of aromatic nitrogens is 1. The van der Waals surface area contributed by atoms with Crippen molar-refractivity contribution in [2.24, 2.45) is 5.73 Å². The number of ether oxygens (including phenoxy) is 2. The molecule has 1 heterocycles. The lowest BCUT2D eigenvalue weighted by Crippen LogP contribution is -2.39. The average Bonchev–Trinajstić information content (AvgIpc) is 3.31. The third-order valence-corrected chi connectivity index (χ3v) is 5.75. The second-order valence-electron chi connectivity index (χ2n) is 8.85. The van der Waals surface area contributed by atoms with E-state index in [0.29, 0.717) is 34.6 Å². The van der Waals surface area contributed by atoms with Gasteiger partial charge in [-0.2, -0.15) is 0 Å². The van der Waals surface area contributed by atoms with Gasteiger partial charge in [-0.3, -0.25) is 10.5 Å². The molecule has 0 spiro atoms. The van der Waals surface area contributed by atoms with Gasteiger partial charge in [0.2, 0.25) is 0 Å². The Morgan fingerprint density at radius 2 is 1.84 bits per heavy atom. The Morgan fingerprint density at radius 3 is 2.62 bits per heavy atom. The molecule has 7 nitrogen and oxygen atoms in total. The third-order valence-electron chi connectivity index (χ3n) is 5.75. The van der Waals surface area contributed by atoms with Crippen LogP contribution in [0, 0.1) is 11.8 Å². The molecule has 0 saturated heterocycles. The topological polar surface area (TPSA) is 110 Å². The fourth-order valence-electron chi connectivity index (χ4n) is 4.06. The maximum atomic E-state index is 13.4. The lowest BCUT2D eigenvalue weighted by Gasteiger charge is -2.19. The first-order valence-electron chi connectivity index (χ1n) is 12.2. The standard InChI is InChI=1S/C30H31N3O4/c1-20(2)37-29-14-12-21(11-13-22-7-3-6-10-28(22)36-19-31)15-26(29)30(35)33-24(18-34)16-23-17-32-27-9-5-4-8-25(23)27/h3-10,12,14-15,17,20,24,32,34H,16,18-19,31H2,1-2H3,(H,33,35)/t24-/m1/s1. The Kier molecular flexibility index (Phi) is 8.47. The van der Waals surface area contributed by atoms with Gasteiger partial charge in [-0.05, 0) is 62.2 Å². The predicted molar refractivity (Wildman–Crippen MR) is 145 cm³/mol. The number of rotatable bonds is 9. The van der Waals surface area contributed by atoms with Gasteiger partial charge in [0.1, 0.15) is 18.2 Å². The van der Waals surface area contributed by atoms with Gasteiger partial charge in [-0.1, -0.05) is 42.2 Å². The largest absolute Gasteiger partial charge is 0.490 e. The molecule has 0 saturated carbocycles. The van der Waals surface area contributed by atoms with Crippen LogP contribution in [0.25, 0.3) is 10.9 Å². The Bertz CT molecular complexity index is 1430. The van der Waals surface area contributed by atoms with Crippen LogP contribution in [0.4, 0.5) is 0 Å². The molecular weight excluding hydrogens is 466 g/mol. The highest BCUT2D eigenvalue weighted by Crippen LogP contribution is 2.23. The Balaban J connectivity index is 1.59. The minimum atomic E-state index is -0.478. The molecule has 37 heavy (non-hydrogen) atoms. The number of aliphatic hydroxyl groups is 1. The molecule has 1 atom stereocenters. The molecule has 4 rings (SSSR count). The maximum Gasteiger partial charge on any atom is 0.255 e. The van der Waals surface area contributed by atoms with Crippen molar-refractivity contribution in [3.63, 3.8) is 0 Å². The highest BCUT2D eigenvalue weighted by Gasteiger charge is 2.19.